The SMILES string of the molecule is O=C(CSc1cccc(NC(=O)c2cccs2)c1)Nc1cc(C(F)(F)F)ccc1Cl. The fraction of sp³-hybridized carbons (Fsp3) is 0.100. The zero-order valence-corrected chi connectivity index (χ0v) is 17.5. The van der Waals surface area contributed by atoms with Gasteiger partial charge in [-0.3, -0.25) is 9.59 Å². The van der Waals surface area contributed by atoms with E-state index in [2.05, 4.69) is 10.6 Å². The van der Waals surface area contributed by atoms with Crippen LogP contribution in [0.25, 0.3) is 0 Å². The van der Waals surface area contributed by atoms with Crippen LogP contribution in [0.2, 0.25) is 5.02 Å². The lowest BCUT2D eigenvalue weighted by atomic mass is 10.2. The third-order valence-corrected chi connectivity index (χ3v) is 5.97. The van der Waals surface area contributed by atoms with Gasteiger partial charge in [-0.05, 0) is 47.8 Å². The molecule has 0 saturated carbocycles. The Kier molecular flexibility index (Phi) is 7.06. The topological polar surface area (TPSA) is 58.2 Å². The molecule has 0 saturated heterocycles. The molecule has 0 aliphatic carbocycles. The number of thiophene rings is 1. The summed E-state index contributed by atoms with van der Waals surface area (Å²) in [6.45, 7) is 0. The summed E-state index contributed by atoms with van der Waals surface area (Å²) >= 11 is 8.39. The van der Waals surface area contributed by atoms with E-state index in [4.69, 9.17) is 11.6 Å². The molecule has 1 aromatic heterocycles. The number of amides is 2. The zero-order valence-electron chi connectivity index (χ0n) is 15.1. The van der Waals surface area contributed by atoms with Crippen LogP contribution in [0.5, 0.6) is 0 Å². The first-order valence-corrected chi connectivity index (χ1v) is 10.7. The summed E-state index contributed by atoms with van der Waals surface area (Å²) in [5.74, 6) is -0.784. The van der Waals surface area contributed by atoms with Gasteiger partial charge in [-0.2, -0.15) is 13.2 Å². The first-order chi connectivity index (χ1) is 14.2. The predicted molar refractivity (Wildman–Crippen MR) is 115 cm³/mol. The van der Waals surface area contributed by atoms with Gasteiger partial charge in [0, 0.05) is 10.6 Å². The highest BCUT2D eigenvalue weighted by Crippen LogP contribution is 2.34. The smallest absolute Gasteiger partial charge is 0.324 e. The second kappa shape index (κ2) is 9.55. The van der Waals surface area contributed by atoms with Gasteiger partial charge < -0.3 is 10.6 Å². The van der Waals surface area contributed by atoms with E-state index in [9.17, 15) is 22.8 Å². The van der Waals surface area contributed by atoms with Crippen molar-refractivity contribution < 1.29 is 22.8 Å². The van der Waals surface area contributed by atoms with Gasteiger partial charge in [0.05, 0.1) is 26.9 Å². The van der Waals surface area contributed by atoms with Crippen molar-refractivity contribution in [2.24, 2.45) is 0 Å². The largest absolute Gasteiger partial charge is 0.416 e. The van der Waals surface area contributed by atoms with Crippen LogP contribution in [0.15, 0.2) is 64.9 Å². The predicted octanol–water partition coefficient (Wildman–Crippen LogP) is 6.40. The Balaban J connectivity index is 1.59. The number of hydrogen-bond donors (Lipinski definition) is 2. The maximum absolute atomic E-state index is 12.8. The number of halogens is 4. The van der Waals surface area contributed by atoms with E-state index in [0.717, 1.165) is 18.2 Å². The molecular weight excluding hydrogens is 457 g/mol. The molecule has 0 unspecified atom stereocenters. The van der Waals surface area contributed by atoms with E-state index >= 15 is 0 Å². The Morgan fingerprint density at radius 2 is 1.83 bits per heavy atom. The van der Waals surface area contributed by atoms with Gasteiger partial charge in [-0.15, -0.1) is 23.1 Å². The van der Waals surface area contributed by atoms with Gasteiger partial charge in [0.15, 0.2) is 0 Å². The number of hydrogen-bond acceptors (Lipinski definition) is 4. The van der Waals surface area contributed by atoms with Crippen molar-refractivity contribution in [2.75, 3.05) is 16.4 Å². The van der Waals surface area contributed by atoms with Gasteiger partial charge >= 0.3 is 6.18 Å². The molecule has 4 nitrogen and oxygen atoms in total. The van der Waals surface area contributed by atoms with Crippen LogP contribution in [0.3, 0.4) is 0 Å². The molecular formula is C20H14ClF3N2O2S2. The number of carbonyl (C=O) groups excluding carboxylic acids is 2. The fourth-order valence-corrected chi connectivity index (χ4v) is 3.94. The Morgan fingerprint density at radius 1 is 1.03 bits per heavy atom. The molecule has 2 N–H and O–H groups in total. The lowest BCUT2D eigenvalue weighted by Crippen LogP contribution is -2.15. The highest BCUT2D eigenvalue weighted by molar-refractivity contribution is 8.00. The van der Waals surface area contributed by atoms with Crippen molar-refractivity contribution in [1.82, 2.24) is 0 Å². The Hall–Kier alpha value is -2.49. The summed E-state index contributed by atoms with van der Waals surface area (Å²) in [7, 11) is 0. The third-order valence-electron chi connectivity index (χ3n) is 3.77. The molecule has 3 aromatic rings. The van der Waals surface area contributed by atoms with Crippen LogP contribution in [0, 0.1) is 0 Å². The number of rotatable bonds is 6. The van der Waals surface area contributed by atoms with Gasteiger partial charge in [-0.25, -0.2) is 0 Å². The molecule has 0 fully saturated rings. The molecule has 3 rings (SSSR count). The number of alkyl halides is 3. The number of benzene rings is 2. The van der Waals surface area contributed by atoms with Gasteiger partial charge in [0.1, 0.15) is 0 Å². The van der Waals surface area contributed by atoms with E-state index in [1.807, 2.05) is 0 Å². The number of anilines is 2. The Bertz CT molecular complexity index is 1060. The highest BCUT2D eigenvalue weighted by atomic mass is 35.5. The normalized spacial score (nSPS) is 11.2. The number of carbonyl (C=O) groups is 2. The van der Waals surface area contributed by atoms with Crippen molar-refractivity contribution in [2.45, 2.75) is 11.1 Å². The van der Waals surface area contributed by atoms with Crippen molar-refractivity contribution in [3.05, 3.63) is 75.4 Å². The molecule has 1 heterocycles. The molecule has 2 amide bonds. The molecule has 2 aromatic carbocycles. The highest BCUT2D eigenvalue weighted by Gasteiger charge is 2.31. The quantitative estimate of drug-likeness (QED) is 0.409. The van der Waals surface area contributed by atoms with E-state index < -0.39 is 17.6 Å². The molecule has 0 aliphatic heterocycles. The van der Waals surface area contributed by atoms with E-state index in [1.54, 1.807) is 41.8 Å². The lowest BCUT2D eigenvalue weighted by Gasteiger charge is -2.12. The van der Waals surface area contributed by atoms with Gasteiger partial charge in [-0.1, -0.05) is 23.7 Å². The molecule has 0 spiro atoms. The van der Waals surface area contributed by atoms with Crippen LogP contribution in [0.1, 0.15) is 15.2 Å². The van der Waals surface area contributed by atoms with Crippen LogP contribution >= 0.6 is 34.7 Å². The van der Waals surface area contributed by atoms with Gasteiger partial charge in [0.2, 0.25) is 5.91 Å². The molecule has 0 atom stereocenters. The van der Waals surface area contributed by atoms with Crippen molar-refractivity contribution in [3.63, 3.8) is 0 Å². The van der Waals surface area contributed by atoms with Crippen LogP contribution < -0.4 is 10.6 Å². The summed E-state index contributed by atoms with van der Waals surface area (Å²) < 4.78 is 38.5. The van der Waals surface area contributed by atoms with Crippen LogP contribution in [-0.4, -0.2) is 17.6 Å². The summed E-state index contributed by atoms with van der Waals surface area (Å²) in [5.41, 5.74) is -0.433. The lowest BCUT2D eigenvalue weighted by molar-refractivity contribution is -0.137. The third kappa shape index (κ3) is 6.01. The monoisotopic (exact) mass is 470 g/mol. The van der Waals surface area contributed by atoms with Crippen molar-refractivity contribution >= 4 is 57.9 Å². The van der Waals surface area contributed by atoms with Crippen LogP contribution in [0.4, 0.5) is 24.5 Å². The van der Waals surface area contributed by atoms with E-state index in [1.165, 1.54) is 23.1 Å². The molecule has 156 valence electrons. The average molecular weight is 471 g/mol. The Labute approximate surface area is 183 Å². The average Bonchev–Trinajstić information content (AvgIpc) is 3.22. The number of nitrogens with one attached hydrogen (secondary N) is 2. The summed E-state index contributed by atoms with van der Waals surface area (Å²) in [4.78, 5) is 25.6. The van der Waals surface area contributed by atoms with Crippen molar-refractivity contribution in [3.8, 4) is 0 Å². The fourth-order valence-electron chi connectivity index (χ4n) is 2.40. The van der Waals surface area contributed by atoms with Crippen LogP contribution in [-0.2, 0) is 11.0 Å². The summed E-state index contributed by atoms with van der Waals surface area (Å²) in [6.07, 6.45) is -4.53. The first-order valence-electron chi connectivity index (χ1n) is 8.47. The van der Waals surface area contributed by atoms with Crippen molar-refractivity contribution in [1.29, 1.82) is 0 Å². The van der Waals surface area contributed by atoms with Gasteiger partial charge in [0.25, 0.3) is 5.91 Å². The second-order valence-corrected chi connectivity index (χ2v) is 8.39. The maximum Gasteiger partial charge on any atom is 0.416 e. The molecule has 0 aliphatic rings. The van der Waals surface area contributed by atoms with E-state index in [-0.39, 0.29) is 22.4 Å². The minimum absolute atomic E-state index is 0.0136. The second-order valence-electron chi connectivity index (χ2n) is 5.99. The molecule has 30 heavy (non-hydrogen) atoms. The maximum atomic E-state index is 12.8. The molecule has 10 heteroatoms. The summed E-state index contributed by atoms with van der Waals surface area (Å²) in [5, 5.41) is 6.99. The molecule has 0 bridgehead atoms. The summed E-state index contributed by atoms with van der Waals surface area (Å²) in [6, 6.07) is 13.1. The minimum atomic E-state index is -4.53. The van der Waals surface area contributed by atoms with E-state index in [0.29, 0.717) is 15.5 Å². The number of thioether (sulfide) groups is 1. The minimum Gasteiger partial charge on any atom is -0.324 e. The zero-order chi connectivity index (χ0) is 21.7. The molecule has 0 radical (unpaired) electrons. The standard InChI is InChI=1S/C20H14ClF3N2O2S2/c21-15-7-6-12(20(22,23)24)9-16(15)26-18(27)11-30-14-4-1-3-13(10-14)25-19(28)17-5-2-8-29-17/h1-10H,11H2,(H,25,28)(H,26,27). The first kappa shape index (κ1) is 22.2. The Morgan fingerprint density at radius 3 is 2.53 bits per heavy atom.